The number of nitrogens with one attached hydrogen (secondary N) is 2. The molecule has 6 heteroatoms. The number of hydrogen-bond donors (Lipinski definition) is 3. The average molecular weight is 388 g/mol. The lowest BCUT2D eigenvalue weighted by atomic mass is 10.1. The molecule has 1 atom stereocenters. The molecule has 1 aromatic rings. The molecule has 20 heavy (non-hydrogen) atoms. The third-order valence-electron chi connectivity index (χ3n) is 3.69. The van der Waals surface area contributed by atoms with Crippen LogP contribution in [0.1, 0.15) is 30.6 Å². The molecule has 1 aromatic carbocycles. The van der Waals surface area contributed by atoms with E-state index in [1.165, 1.54) is 6.07 Å². The zero-order valence-corrected chi connectivity index (χ0v) is 13.5. The van der Waals surface area contributed by atoms with Gasteiger partial charge in [0, 0.05) is 10.1 Å². The molecule has 2 amide bonds. The molecule has 0 heterocycles. The Hall–Kier alpha value is -1.31. The monoisotopic (exact) mass is 388 g/mol. The van der Waals surface area contributed by atoms with E-state index in [1.54, 1.807) is 12.1 Å². The molecule has 2 rings (SSSR count). The maximum atomic E-state index is 11.8. The highest BCUT2D eigenvalue weighted by molar-refractivity contribution is 14.1. The molecule has 0 saturated heterocycles. The lowest BCUT2D eigenvalue weighted by molar-refractivity contribution is 0.0698. The molecule has 0 aromatic heterocycles. The van der Waals surface area contributed by atoms with Crippen LogP contribution in [-0.2, 0) is 0 Å². The van der Waals surface area contributed by atoms with Crippen LogP contribution < -0.4 is 10.6 Å². The quantitative estimate of drug-likeness (QED) is 0.694. The molecule has 0 radical (unpaired) electrons. The molecule has 5 nitrogen and oxygen atoms in total. The van der Waals surface area contributed by atoms with Gasteiger partial charge in [-0.1, -0.05) is 13.8 Å². The second kappa shape index (κ2) is 5.59. The van der Waals surface area contributed by atoms with Gasteiger partial charge in [0.25, 0.3) is 0 Å². The summed E-state index contributed by atoms with van der Waals surface area (Å²) in [6.45, 7) is 4.95. The van der Waals surface area contributed by atoms with Crippen molar-refractivity contribution >= 4 is 40.3 Å². The van der Waals surface area contributed by atoms with Crippen molar-refractivity contribution in [1.29, 1.82) is 0 Å². The molecule has 0 spiro atoms. The Bertz CT molecular complexity index is 557. The maximum Gasteiger partial charge on any atom is 0.337 e. The Labute approximate surface area is 131 Å². The van der Waals surface area contributed by atoms with E-state index in [-0.39, 0.29) is 11.6 Å². The summed E-state index contributed by atoms with van der Waals surface area (Å²) in [4.78, 5) is 22.9. The van der Waals surface area contributed by atoms with Gasteiger partial charge in [0.15, 0.2) is 0 Å². The Morgan fingerprint density at radius 2 is 2.10 bits per heavy atom. The number of carboxylic acids is 1. The van der Waals surface area contributed by atoms with E-state index < -0.39 is 5.97 Å². The van der Waals surface area contributed by atoms with E-state index in [0.717, 1.165) is 9.99 Å². The molecule has 1 saturated carbocycles. The number of aromatic carboxylic acids is 1. The zero-order valence-electron chi connectivity index (χ0n) is 11.4. The first-order chi connectivity index (χ1) is 9.29. The van der Waals surface area contributed by atoms with Gasteiger partial charge in [0.1, 0.15) is 0 Å². The second-order valence-electron chi connectivity index (χ2n) is 5.72. The van der Waals surface area contributed by atoms with Crippen molar-refractivity contribution in [3.05, 3.63) is 27.3 Å². The Morgan fingerprint density at radius 3 is 2.65 bits per heavy atom. The van der Waals surface area contributed by atoms with Gasteiger partial charge in [0.2, 0.25) is 0 Å². The summed E-state index contributed by atoms with van der Waals surface area (Å²) >= 11 is 2.03. The van der Waals surface area contributed by atoms with Crippen molar-refractivity contribution in [2.75, 3.05) is 11.9 Å². The summed E-state index contributed by atoms with van der Waals surface area (Å²) in [5.41, 5.74) is 0.715. The molecule has 3 N–H and O–H groups in total. The molecular formula is C14H17IN2O3. The third-order valence-corrected chi connectivity index (χ3v) is 4.36. The van der Waals surface area contributed by atoms with Crippen LogP contribution in [0.4, 0.5) is 10.5 Å². The number of carboxylic acid groups (broad SMARTS) is 1. The number of benzene rings is 1. The van der Waals surface area contributed by atoms with Crippen molar-refractivity contribution in [2.24, 2.45) is 11.3 Å². The number of halogens is 1. The lowest BCUT2D eigenvalue weighted by Gasteiger charge is -2.11. The highest BCUT2D eigenvalue weighted by Crippen LogP contribution is 2.50. The first kappa shape index (κ1) is 15.1. The number of urea groups is 1. The zero-order chi connectivity index (χ0) is 14.9. The Kier molecular flexibility index (Phi) is 4.22. The van der Waals surface area contributed by atoms with Crippen molar-refractivity contribution in [2.45, 2.75) is 20.3 Å². The molecule has 108 valence electrons. The van der Waals surface area contributed by atoms with Gasteiger partial charge in [-0.05, 0) is 58.5 Å². The summed E-state index contributed by atoms with van der Waals surface area (Å²) < 4.78 is 0.811. The number of carbonyl (C=O) groups is 2. The van der Waals surface area contributed by atoms with Crippen LogP contribution in [0.3, 0.4) is 0 Å². The number of anilines is 1. The molecule has 1 fully saturated rings. The minimum Gasteiger partial charge on any atom is -0.478 e. The fourth-order valence-corrected chi connectivity index (χ4v) is 2.60. The second-order valence-corrected chi connectivity index (χ2v) is 6.97. The van der Waals surface area contributed by atoms with E-state index in [9.17, 15) is 9.59 Å². The van der Waals surface area contributed by atoms with E-state index in [2.05, 4.69) is 24.5 Å². The molecule has 0 bridgehead atoms. The van der Waals surface area contributed by atoms with Crippen molar-refractivity contribution in [3.8, 4) is 0 Å². The van der Waals surface area contributed by atoms with E-state index in [0.29, 0.717) is 23.6 Å². The van der Waals surface area contributed by atoms with Crippen LogP contribution in [0.15, 0.2) is 18.2 Å². The van der Waals surface area contributed by atoms with E-state index in [1.807, 2.05) is 22.6 Å². The summed E-state index contributed by atoms with van der Waals surface area (Å²) in [6.07, 6.45) is 1.11. The van der Waals surface area contributed by atoms with Gasteiger partial charge in [-0.2, -0.15) is 0 Å². The highest BCUT2D eigenvalue weighted by atomic mass is 127. The van der Waals surface area contributed by atoms with Crippen molar-refractivity contribution < 1.29 is 14.7 Å². The van der Waals surface area contributed by atoms with Gasteiger partial charge in [-0.25, -0.2) is 9.59 Å². The smallest absolute Gasteiger partial charge is 0.337 e. The molecule has 0 aliphatic heterocycles. The topological polar surface area (TPSA) is 78.4 Å². The number of amides is 2. The number of hydrogen-bond acceptors (Lipinski definition) is 2. The predicted molar refractivity (Wildman–Crippen MR) is 85.0 cm³/mol. The fraction of sp³-hybridized carbons (Fsp3) is 0.429. The van der Waals surface area contributed by atoms with E-state index in [4.69, 9.17) is 5.11 Å². The van der Waals surface area contributed by atoms with Gasteiger partial charge >= 0.3 is 12.0 Å². The minimum atomic E-state index is -1.05. The molecule has 1 aliphatic rings. The Morgan fingerprint density at radius 1 is 1.45 bits per heavy atom. The fourth-order valence-electron chi connectivity index (χ4n) is 2.11. The Balaban J connectivity index is 1.96. The molecular weight excluding hydrogens is 371 g/mol. The van der Waals surface area contributed by atoms with Crippen LogP contribution in [0.2, 0.25) is 0 Å². The van der Waals surface area contributed by atoms with E-state index >= 15 is 0 Å². The van der Waals surface area contributed by atoms with Gasteiger partial charge in [-0.3, -0.25) is 0 Å². The van der Waals surface area contributed by atoms with Crippen LogP contribution in [-0.4, -0.2) is 23.7 Å². The molecule has 1 aliphatic carbocycles. The van der Waals surface area contributed by atoms with Crippen molar-refractivity contribution in [1.82, 2.24) is 5.32 Å². The third kappa shape index (κ3) is 3.62. The number of carbonyl (C=O) groups excluding carboxylic acids is 1. The SMILES string of the molecule is CC1(C)CC1CNC(=O)Nc1ccc(I)cc1C(=O)O. The largest absolute Gasteiger partial charge is 0.478 e. The number of rotatable bonds is 4. The summed E-state index contributed by atoms with van der Waals surface area (Å²) in [5, 5.41) is 14.5. The van der Waals surface area contributed by atoms with Gasteiger partial charge < -0.3 is 15.7 Å². The van der Waals surface area contributed by atoms with Crippen LogP contribution in [0, 0.1) is 14.9 Å². The van der Waals surface area contributed by atoms with Crippen LogP contribution in [0.25, 0.3) is 0 Å². The van der Waals surface area contributed by atoms with Gasteiger partial charge in [-0.15, -0.1) is 0 Å². The first-order valence-electron chi connectivity index (χ1n) is 6.37. The summed E-state index contributed by atoms with van der Waals surface area (Å²) in [5.74, 6) is -0.550. The minimum absolute atomic E-state index is 0.0961. The summed E-state index contributed by atoms with van der Waals surface area (Å²) in [6, 6.07) is 4.53. The van der Waals surface area contributed by atoms with Crippen LogP contribution >= 0.6 is 22.6 Å². The maximum absolute atomic E-state index is 11.8. The average Bonchev–Trinajstić information content (AvgIpc) is 2.96. The standard InChI is InChI=1S/C14H17IN2O3/c1-14(2)6-8(14)7-16-13(20)17-11-4-3-9(15)5-10(11)12(18)19/h3-5,8H,6-7H2,1-2H3,(H,18,19)(H2,16,17,20). The highest BCUT2D eigenvalue weighted by Gasteiger charge is 2.45. The predicted octanol–water partition coefficient (Wildman–Crippen LogP) is 3.16. The summed E-state index contributed by atoms with van der Waals surface area (Å²) in [7, 11) is 0. The van der Waals surface area contributed by atoms with Crippen molar-refractivity contribution in [3.63, 3.8) is 0 Å². The normalized spacial score (nSPS) is 19.2. The first-order valence-corrected chi connectivity index (χ1v) is 7.45. The van der Waals surface area contributed by atoms with Gasteiger partial charge in [0.05, 0.1) is 11.3 Å². The molecule has 1 unspecified atom stereocenters. The van der Waals surface area contributed by atoms with Crippen LogP contribution in [0.5, 0.6) is 0 Å². The lowest BCUT2D eigenvalue weighted by Crippen LogP contribution is -2.31.